The van der Waals surface area contributed by atoms with E-state index in [0.717, 1.165) is 116 Å². The van der Waals surface area contributed by atoms with Gasteiger partial charge >= 0.3 is 0 Å². The molecule has 0 aromatic rings. The van der Waals surface area contributed by atoms with E-state index in [2.05, 4.69) is 153 Å². The highest BCUT2D eigenvalue weighted by atomic mass is 16.7. The highest BCUT2D eigenvalue weighted by Crippen LogP contribution is 2.23. The lowest BCUT2D eigenvalue weighted by Crippen LogP contribution is -2.60. The minimum atomic E-state index is -1.58. The van der Waals surface area contributed by atoms with Crippen molar-refractivity contribution in [2.24, 2.45) is 0 Å². The molecule has 0 aliphatic carbocycles. The first-order valence-corrected chi connectivity index (χ1v) is 38.1. The third-order valence-electron chi connectivity index (χ3n) is 17.1. The Bertz CT molecular complexity index is 1970. The number of allylic oxidation sites excluding steroid dienone is 23. The number of hydrogen-bond acceptors (Lipinski definition) is 8. The van der Waals surface area contributed by atoms with Crippen LogP contribution in [0.25, 0.3) is 0 Å². The number of amides is 1. The molecule has 1 heterocycles. The fourth-order valence-corrected chi connectivity index (χ4v) is 11.3. The molecule has 9 heteroatoms. The van der Waals surface area contributed by atoms with Gasteiger partial charge in [-0.3, -0.25) is 4.79 Å². The molecule has 1 fully saturated rings. The lowest BCUT2D eigenvalue weighted by molar-refractivity contribution is -0.302. The summed E-state index contributed by atoms with van der Waals surface area (Å²) in [6.07, 6.45) is 101. The van der Waals surface area contributed by atoms with Crippen molar-refractivity contribution in [2.75, 3.05) is 13.2 Å². The lowest BCUT2D eigenvalue weighted by atomic mass is 9.99. The zero-order chi connectivity index (χ0) is 66.4. The molecule has 526 valence electrons. The summed E-state index contributed by atoms with van der Waals surface area (Å²) in [5.74, 6) is -0.198. The van der Waals surface area contributed by atoms with Crippen LogP contribution >= 0.6 is 0 Å². The molecule has 1 rings (SSSR count). The molecule has 0 saturated carbocycles. The Morgan fingerprint density at radius 1 is 0.380 bits per heavy atom. The van der Waals surface area contributed by atoms with Crippen LogP contribution in [-0.2, 0) is 14.3 Å². The normalized spacial score (nSPS) is 18.5. The molecule has 1 aliphatic heterocycles. The third kappa shape index (κ3) is 57.5. The molecular formula is C83H141NO8. The molecule has 92 heavy (non-hydrogen) atoms. The van der Waals surface area contributed by atoms with E-state index in [1.807, 2.05) is 6.08 Å². The van der Waals surface area contributed by atoms with Gasteiger partial charge in [0.1, 0.15) is 24.4 Å². The van der Waals surface area contributed by atoms with Gasteiger partial charge in [0, 0.05) is 6.42 Å². The Morgan fingerprint density at radius 3 is 1.04 bits per heavy atom. The fourth-order valence-electron chi connectivity index (χ4n) is 11.3. The van der Waals surface area contributed by atoms with E-state index in [1.54, 1.807) is 6.08 Å². The van der Waals surface area contributed by atoms with Gasteiger partial charge in [-0.1, -0.05) is 346 Å². The minimum Gasteiger partial charge on any atom is -0.394 e. The predicted octanol–water partition coefficient (Wildman–Crippen LogP) is 21.7. The van der Waals surface area contributed by atoms with Crippen LogP contribution in [0.5, 0.6) is 0 Å². The lowest BCUT2D eigenvalue weighted by Gasteiger charge is -2.40. The van der Waals surface area contributed by atoms with E-state index >= 15 is 0 Å². The van der Waals surface area contributed by atoms with Gasteiger partial charge in [0.05, 0.1) is 25.4 Å². The van der Waals surface area contributed by atoms with Gasteiger partial charge in [-0.05, 0) is 109 Å². The van der Waals surface area contributed by atoms with E-state index in [1.165, 1.54) is 180 Å². The van der Waals surface area contributed by atoms with Gasteiger partial charge in [-0.2, -0.15) is 0 Å². The summed E-state index contributed by atoms with van der Waals surface area (Å²) in [5, 5.41) is 54.8. The molecule has 0 radical (unpaired) electrons. The molecule has 7 atom stereocenters. The molecule has 0 bridgehead atoms. The summed E-state index contributed by atoms with van der Waals surface area (Å²) in [4.78, 5) is 13.2. The fraction of sp³-hybridized carbons (Fsp3) is 0.699. The van der Waals surface area contributed by atoms with Gasteiger partial charge in [-0.15, -0.1) is 0 Å². The molecule has 0 spiro atoms. The van der Waals surface area contributed by atoms with Crippen LogP contribution in [0, 0.1) is 0 Å². The van der Waals surface area contributed by atoms with Crippen LogP contribution in [0.2, 0.25) is 0 Å². The summed E-state index contributed by atoms with van der Waals surface area (Å²) in [6, 6.07) is -0.839. The van der Waals surface area contributed by atoms with Crippen molar-refractivity contribution >= 4 is 5.91 Å². The SMILES string of the molecule is CC/C=C\C/C=C\C/C=C\C/C=C\C/C=C\C/C=C\C/C=C\C/C=C\C/C=C\C/C=C\CCCCCCCCCCC(=O)NC(COC1OC(CO)C(O)C(O)C1O)C(O)/C=C/CC/C=C/CCCCCCCCCCCCCCCCCCCCCCCCCC. The van der Waals surface area contributed by atoms with Crippen LogP contribution in [0.3, 0.4) is 0 Å². The molecule has 0 aromatic carbocycles. The zero-order valence-corrected chi connectivity index (χ0v) is 59.0. The van der Waals surface area contributed by atoms with Crippen molar-refractivity contribution in [3.8, 4) is 0 Å². The molecule has 1 saturated heterocycles. The van der Waals surface area contributed by atoms with Gasteiger partial charge in [0.15, 0.2) is 6.29 Å². The van der Waals surface area contributed by atoms with Gasteiger partial charge in [-0.25, -0.2) is 0 Å². The van der Waals surface area contributed by atoms with Crippen LogP contribution in [0.1, 0.15) is 316 Å². The van der Waals surface area contributed by atoms with Crippen molar-refractivity contribution < 1.29 is 39.8 Å². The zero-order valence-electron chi connectivity index (χ0n) is 59.0. The Balaban J connectivity index is 2.16. The van der Waals surface area contributed by atoms with E-state index in [4.69, 9.17) is 9.47 Å². The number of hydrogen-bond donors (Lipinski definition) is 6. The average Bonchev–Trinajstić information content (AvgIpc) is 1.45. The maximum absolute atomic E-state index is 13.2. The number of aliphatic hydroxyl groups is 5. The maximum Gasteiger partial charge on any atom is 0.220 e. The second kappa shape index (κ2) is 69.9. The minimum absolute atomic E-state index is 0.198. The predicted molar refractivity (Wildman–Crippen MR) is 396 cm³/mol. The Labute approximate surface area is 565 Å². The largest absolute Gasteiger partial charge is 0.394 e. The standard InChI is InChI=1S/C83H141NO8/c1-3-5-7-9-11-13-15-17-19-21-23-25-27-29-31-33-35-36-37-38-39-40-41-42-43-45-47-49-51-53-55-57-59-61-63-65-67-69-71-73-79(87)84-76(75-91-83-82(90)81(89)80(88)78(74-85)92-83)77(86)72-70-68-66-64-62-60-58-56-54-52-50-48-46-44-34-32-30-28-26-24-22-20-18-16-14-12-10-8-6-4-2/h5,7,11,13,17,19,23,25,29,31,35-36,38-39,41-42,45,47,51,53,62,64,70,72,76-78,80-83,85-86,88-90H,3-4,6,8-10,12,14-16,18,20-22,24,26-28,30,32-34,37,40,43-44,46,48-50,52,54-61,63,65-69,71,73-75H2,1-2H3,(H,84,87)/b7-5-,13-11-,19-17-,25-23-,31-29-,36-35-,39-38-,42-41-,47-45-,53-51-,64-62+,72-70+. The molecule has 1 aliphatic rings. The van der Waals surface area contributed by atoms with E-state index in [-0.39, 0.29) is 12.5 Å². The summed E-state index contributed by atoms with van der Waals surface area (Å²) in [5.41, 5.74) is 0. The highest BCUT2D eigenvalue weighted by Gasteiger charge is 2.44. The Hall–Kier alpha value is -3.93. The molecule has 0 aromatic heterocycles. The number of carbonyl (C=O) groups is 1. The first kappa shape index (κ1) is 86.1. The number of nitrogens with one attached hydrogen (secondary N) is 1. The molecule has 7 unspecified atom stereocenters. The summed E-state index contributed by atoms with van der Waals surface area (Å²) < 4.78 is 11.3. The smallest absolute Gasteiger partial charge is 0.220 e. The first-order valence-electron chi connectivity index (χ1n) is 38.1. The van der Waals surface area contributed by atoms with E-state index in [9.17, 15) is 30.3 Å². The molecule has 1 amide bonds. The summed E-state index contributed by atoms with van der Waals surface area (Å²) in [6.45, 7) is 3.67. The van der Waals surface area contributed by atoms with Crippen molar-refractivity contribution in [2.45, 2.75) is 358 Å². The van der Waals surface area contributed by atoms with Crippen molar-refractivity contribution in [1.29, 1.82) is 0 Å². The average molecular weight is 1280 g/mol. The molecule has 9 nitrogen and oxygen atoms in total. The Morgan fingerprint density at radius 2 is 0.685 bits per heavy atom. The number of aliphatic hydroxyl groups excluding tert-OH is 5. The van der Waals surface area contributed by atoms with Gasteiger partial charge < -0.3 is 40.3 Å². The Kier molecular flexibility index (Phi) is 65.4. The maximum atomic E-state index is 13.2. The van der Waals surface area contributed by atoms with E-state index in [0.29, 0.717) is 6.42 Å². The van der Waals surface area contributed by atoms with Crippen LogP contribution in [0.15, 0.2) is 146 Å². The van der Waals surface area contributed by atoms with Crippen LogP contribution < -0.4 is 5.32 Å². The second-order valence-electron chi connectivity index (χ2n) is 25.7. The number of carbonyl (C=O) groups excluding carboxylic acids is 1. The summed E-state index contributed by atoms with van der Waals surface area (Å²) >= 11 is 0. The van der Waals surface area contributed by atoms with Crippen LogP contribution in [-0.4, -0.2) is 87.5 Å². The highest BCUT2D eigenvalue weighted by molar-refractivity contribution is 5.76. The number of unbranched alkanes of at least 4 members (excludes halogenated alkanes) is 33. The van der Waals surface area contributed by atoms with Crippen molar-refractivity contribution in [3.63, 3.8) is 0 Å². The topological polar surface area (TPSA) is 149 Å². The van der Waals surface area contributed by atoms with Crippen molar-refractivity contribution in [3.05, 3.63) is 146 Å². The van der Waals surface area contributed by atoms with Gasteiger partial charge in [0.25, 0.3) is 0 Å². The quantitative estimate of drug-likeness (QED) is 0.0261. The van der Waals surface area contributed by atoms with Gasteiger partial charge in [0.2, 0.25) is 5.91 Å². The summed E-state index contributed by atoms with van der Waals surface area (Å²) in [7, 11) is 0. The van der Waals surface area contributed by atoms with Crippen molar-refractivity contribution in [1.82, 2.24) is 5.32 Å². The molecule has 6 N–H and O–H groups in total. The molecular weight excluding hydrogens is 1140 g/mol. The second-order valence-corrected chi connectivity index (χ2v) is 25.7. The van der Waals surface area contributed by atoms with E-state index < -0.39 is 49.5 Å². The number of rotatable bonds is 65. The third-order valence-corrected chi connectivity index (χ3v) is 17.1. The number of ether oxygens (including phenoxy) is 2. The van der Waals surface area contributed by atoms with Crippen LogP contribution in [0.4, 0.5) is 0 Å². The monoisotopic (exact) mass is 1280 g/mol. The first-order chi connectivity index (χ1) is 45.3.